The molecule has 0 radical (unpaired) electrons. The zero-order valence-corrected chi connectivity index (χ0v) is 19.2. The number of aliphatic hydroxyl groups is 1. The van der Waals surface area contributed by atoms with E-state index >= 15 is 0 Å². The van der Waals surface area contributed by atoms with Gasteiger partial charge in [-0.25, -0.2) is 24.3 Å². The van der Waals surface area contributed by atoms with Crippen molar-refractivity contribution in [2.45, 2.75) is 13.2 Å². The summed E-state index contributed by atoms with van der Waals surface area (Å²) in [6.07, 6.45) is 3.55. The van der Waals surface area contributed by atoms with E-state index in [2.05, 4.69) is 21.4 Å². The molecule has 6 rings (SSSR count). The highest BCUT2D eigenvalue weighted by molar-refractivity contribution is 7.18. The molecule has 0 saturated heterocycles. The lowest BCUT2D eigenvalue weighted by Gasteiger charge is -2.08. The van der Waals surface area contributed by atoms with Gasteiger partial charge in [0.1, 0.15) is 16.5 Å². The fourth-order valence-corrected chi connectivity index (χ4v) is 4.87. The molecule has 4 heterocycles. The number of rotatable bonds is 6. The minimum Gasteiger partial charge on any atom is -0.392 e. The number of pyridine rings is 1. The third-order valence-electron chi connectivity index (χ3n) is 5.62. The lowest BCUT2D eigenvalue weighted by atomic mass is 10.1. The minimum atomic E-state index is -0.315. The second-order valence-electron chi connectivity index (χ2n) is 7.93. The molecule has 2 N–H and O–H groups in total. The van der Waals surface area contributed by atoms with Crippen molar-refractivity contribution in [1.29, 1.82) is 0 Å². The van der Waals surface area contributed by atoms with Gasteiger partial charge in [0.25, 0.3) is 0 Å². The number of fused-ring (bicyclic) bond motifs is 2. The fraction of sp³-hybridized carbons (Fsp3) is 0.0769. The number of hydrogen-bond donors (Lipinski definition) is 2. The van der Waals surface area contributed by atoms with Crippen LogP contribution >= 0.6 is 11.3 Å². The van der Waals surface area contributed by atoms with Crippen LogP contribution in [0.2, 0.25) is 0 Å². The smallest absolute Gasteiger partial charge is 0.223 e. The first-order valence-corrected chi connectivity index (χ1v) is 11.8. The number of nitrogens with one attached hydrogen (secondary N) is 1. The second-order valence-corrected chi connectivity index (χ2v) is 9.05. The van der Waals surface area contributed by atoms with Crippen LogP contribution in [0.3, 0.4) is 0 Å². The Morgan fingerprint density at radius 3 is 2.66 bits per heavy atom. The highest BCUT2D eigenvalue weighted by Gasteiger charge is 2.18. The van der Waals surface area contributed by atoms with Gasteiger partial charge in [0.15, 0.2) is 0 Å². The number of imidazole rings is 1. The van der Waals surface area contributed by atoms with Crippen LogP contribution < -0.4 is 5.32 Å². The Kier molecular flexibility index (Phi) is 5.40. The Labute approximate surface area is 203 Å². The summed E-state index contributed by atoms with van der Waals surface area (Å²) in [5, 5.41) is 13.8. The number of anilines is 1. The molecule has 0 bridgehead atoms. The number of thiazole rings is 1. The van der Waals surface area contributed by atoms with Gasteiger partial charge in [-0.3, -0.25) is 4.40 Å². The van der Waals surface area contributed by atoms with E-state index in [4.69, 9.17) is 9.97 Å². The molecular weight excluding hydrogens is 463 g/mol. The van der Waals surface area contributed by atoms with Gasteiger partial charge in [-0.2, -0.15) is 0 Å². The van der Waals surface area contributed by atoms with E-state index in [9.17, 15) is 9.50 Å². The SMILES string of the molecule is OCc1ccn2c(-c3ccnc(NCc4nc5ccccc5s4)n3)c(-c3ccc(F)cc3)nc2c1. The van der Waals surface area contributed by atoms with E-state index in [0.717, 1.165) is 32.0 Å². The van der Waals surface area contributed by atoms with Crippen molar-refractivity contribution in [3.63, 3.8) is 0 Å². The second kappa shape index (κ2) is 8.86. The number of halogens is 1. The van der Waals surface area contributed by atoms with E-state index in [1.807, 2.05) is 47.0 Å². The quantitative estimate of drug-likeness (QED) is 0.334. The maximum absolute atomic E-state index is 13.6. The number of aliphatic hydroxyl groups excluding tert-OH is 1. The van der Waals surface area contributed by atoms with Crippen LogP contribution in [-0.2, 0) is 13.2 Å². The van der Waals surface area contributed by atoms with E-state index in [1.165, 1.54) is 12.1 Å². The van der Waals surface area contributed by atoms with Crippen molar-refractivity contribution >= 4 is 33.1 Å². The Bertz CT molecular complexity index is 1630. The first-order chi connectivity index (χ1) is 17.2. The highest BCUT2D eigenvalue weighted by atomic mass is 32.1. The molecular formula is C26H19FN6OS. The van der Waals surface area contributed by atoms with E-state index in [1.54, 1.807) is 29.7 Å². The average Bonchev–Trinajstić information content (AvgIpc) is 3.49. The van der Waals surface area contributed by atoms with Crippen molar-refractivity contribution < 1.29 is 9.50 Å². The molecule has 0 aliphatic heterocycles. The van der Waals surface area contributed by atoms with Gasteiger partial charge < -0.3 is 10.4 Å². The molecule has 0 spiro atoms. The summed E-state index contributed by atoms with van der Waals surface area (Å²) in [6.45, 7) is 0.415. The number of para-hydroxylation sites is 1. The first kappa shape index (κ1) is 21.3. The number of aromatic nitrogens is 5. The molecule has 0 atom stereocenters. The topological polar surface area (TPSA) is 88.2 Å². The number of nitrogens with zero attached hydrogens (tertiary/aromatic N) is 5. The zero-order chi connectivity index (χ0) is 23.8. The lowest BCUT2D eigenvalue weighted by Crippen LogP contribution is -2.04. The average molecular weight is 483 g/mol. The molecule has 0 aliphatic rings. The maximum Gasteiger partial charge on any atom is 0.223 e. The Morgan fingerprint density at radius 2 is 1.83 bits per heavy atom. The third kappa shape index (κ3) is 4.11. The number of benzene rings is 2. The van der Waals surface area contributed by atoms with Crippen LogP contribution in [0.25, 0.3) is 38.5 Å². The van der Waals surface area contributed by atoms with Gasteiger partial charge >= 0.3 is 0 Å². The Morgan fingerprint density at radius 1 is 0.971 bits per heavy atom. The predicted octanol–water partition coefficient (Wildman–Crippen LogP) is 5.31. The summed E-state index contributed by atoms with van der Waals surface area (Å²) in [4.78, 5) is 18.6. The van der Waals surface area contributed by atoms with E-state index < -0.39 is 0 Å². The molecule has 2 aromatic carbocycles. The summed E-state index contributed by atoms with van der Waals surface area (Å²) >= 11 is 1.63. The summed E-state index contributed by atoms with van der Waals surface area (Å²) in [7, 11) is 0. The van der Waals surface area contributed by atoms with Crippen LogP contribution in [0.1, 0.15) is 10.6 Å². The molecule has 35 heavy (non-hydrogen) atoms. The molecule has 0 amide bonds. The molecule has 7 nitrogen and oxygen atoms in total. The van der Waals surface area contributed by atoms with Crippen molar-refractivity contribution in [2.24, 2.45) is 0 Å². The molecule has 6 aromatic rings. The normalized spacial score (nSPS) is 11.4. The van der Waals surface area contributed by atoms with Gasteiger partial charge in [-0.05, 0) is 60.2 Å². The molecule has 0 fully saturated rings. The fourth-order valence-electron chi connectivity index (χ4n) is 3.97. The zero-order valence-electron chi connectivity index (χ0n) is 18.4. The largest absolute Gasteiger partial charge is 0.392 e. The van der Waals surface area contributed by atoms with Crippen LogP contribution in [-0.4, -0.2) is 29.4 Å². The standard InChI is InChI=1S/C26H19FN6OS/c27-18-7-5-17(6-8-18)24-25(33-12-10-16(15-34)13-22(33)32-24)20-9-11-28-26(31-20)29-14-23-30-19-3-1-2-4-21(19)35-23/h1-13,34H,14-15H2,(H,28,29,31). The third-order valence-corrected chi connectivity index (χ3v) is 6.66. The van der Waals surface area contributed by atoms with Crippen molar-refractivity contribution in [3.8, 4) is 22.6 Å². The Balaban J connectivity index is 1.39. The summed E-state index contributed by atoms with van der Waals surface area (Å²) < 4.78 is 16.6. The van der Waals surface area contributed by atoms with Gasteiger partial charge in [0.05, 0.1) is 40.5 Å². The number of hydrogen-bond acceptors (Lipinski definition) is 7. The van der Waals surface area contributed by atoms with Crippen molar-refractivity contribution in [1.82, 2.24) is 24.3 Å². The summed E-state index contributed by atoms with van der Waals surface area (Å²) in [5.41, 5.74) is 5.22. The summed E-state index contributed by atoms with van der Waals surface area (Å²) in [5.74, 6) is 0.152. The lowest BCUT2D eigenvalue weighted by molar-refractivity contribution is 0.282. The Hall–Kier alpha value is -4.21. The van der Waals surface area contributed by atoms with Gasteiger partial charge in [-0.1, -0.05) is 12.1 Å². The summed E-state index contributed by atoms with van der Waals surface area (Å²) in [6, 6.07) is 19.7. The monoisotopic (exact) mass is 482 g/mol. The van der Waals surface area contributed by atoms with Gasteiger partial charge in [-0.15, -0.1) is 11.3 Å². The van der Waals surface area contributed by atoms with Crippen LogP contribution in [0.4, 0.5) is 10.3 Å². The molecule has 4 aromatic heterocycles. The molecule has 9 heteroatoms. The van der Waals surface area contributed by atoms with Crippen LogP contribution in [0, 0.1) is 5.82 Å². The molecule has 0 aliphatic carbocycles. The maximum atomic E-state index is 13.6. The van der Waals surface area contributed by atoms with Crippen LogP contribution in [0.5, 0.6) is 0 Å². The minimum absolute atomic E-state index is 0.0854. The molecule has 0 unspecified atom stereocenters. The highest BCUT2D eigenvalue weighted by Crippen LogP contribution is 2.32. The molecule has 0 saturated carbocycles. The predicted molar refractivity (Wildman–Crippen MR) is 134 cm³/mol. The van der Waals surface area contributed by atoms with Crippen molar-refractivity contribution in [3.05, 3.63) is 95.5 Å². The van der Waals surface area contributed by atoms with E-state index in [0.29, 0.717) is 29.5 Å². The van der Waals surface area contributed by atoms with E-state index in [-0.39, 0.29) is 12.4 Å². The van der Waals surface area contributed by atoms with Crippen LogP contribution in [0.15, 0.2) is 79.1 Å². The van der Waals surface area contributed by atoms with Gasteiger partial charge in [0, 0.05) is 18.0 Å². The van der Waals surface area contributed by atoms with Crippen molar-refractivity contribution in [2.75, 3.05) is 5.32 Å². The first-order valence-electron chi connectivity index (χ1n) is 11.0. The van der Waals surface area contributed by atoms with Gasteiger partial charge in [0.2, 0.25) is 5.95 Å². The molecule has 172 valence electrons.